The summed E-state index contributed by atoms with van der Waals surface area (Å²) < 4.78 is 7.10. The molecule has 0 N–H and O–H groups in total. The lowest BCUT2D eigenvalue weighted by molar-refractivity contribution is -0.116. The first kappa shape index (κ1) is 15.9. The number of hydrogen-bond donors (Lipinski definition) is 0. The van der Waals surface area contributed by atoms with E-state index < -0.39 is 0 Å². The van der Waals surface area contributed by atoms with E-state index in [2.05, 4.69) is 5.10 Å². The van der Waals surface area contributed by atoms with Crippen LogP contribution < -0.4 is 9.64 Å². The number of carbonyl (C=O) groups is 1. The van der Waals surface area contributed by atoms with E-state index >= 15 is 0 Å². The van der Waals surface area contributed by atoms with Crippen LogP contribution in [0.3, 0.4) is 0 Å². The Morgan fingerprint density at radius 3 is 2.95 bits per heavy atom. The molecule has 2 aromatic heterocycles. The van der Waals surface area contributed by atoms with Crippen LogP contribution in [0.1, 0.15) is 17.5 Å². The standard InChI is InChI=1S/C14H18ClN3O2S/c1-4-10-11(8-16-17(10)2)18(14(19)7-15)9-13-12(20-3)5-6-21-13/h5-6,8H,4,7,9H2,1-3H3. The van der Waals surface area contributed by atoms with Crippen molar-refractivity contribution in [3.05, 3.63) is 28.2 Å². The maximum atomic E-state index is 12.2. The summed E-state index contributed by atoms with van der Waals surface area (Å²) in [5, 5.41) is 6.19. The Bertz CT molecular complexity index is 624. The minimum absolute atomic E-state index is 0.0638. The molecular weight excluding hydrogens is 310 g/mol. The average Bonchev–Trinajstić information content (AvgIpc) is 3.09. The number of nitrogens with zero attached hydrogens (tertiary/aromatic N) is 3. The lowest BCUT2D eigenvalue weighted by Crippen LogP contribution is -2.31. The molecule has 0 saturated carbocycles. The third-order valence-electron chi connectivity index (χ3n) is 3.31. The first-order valence-corrected chi connectivity index (χ1v) is 8.01. The summed E-state index contributed by atoms with van der Waals surface area (Å²) in [6.45, 7) is 2.47. The van der Waals surface area contributed by atoms with Gasteiger partial charge in [0.15, 0.2) is 0 Å². The Hall–Kier alpha value is -1.53. The van der Waals surface area contributed by atoms with Crippen LogP contribution in [-0.4, -0.2) is 28.7 Å². The maximum absolute atomic E-state index is 12.2. The third kappa shape index (κ3) is 3.22. The number of ether oxygens (including phenoxy) is 1. The molecule has 0 aliphatic carbocycles. The quantitative estimate of drug-likeness (QED) is 0.766. The predicted octanol–water partition coefficient (Wildman–Crippen LogP) is 2.82. The number of amides is 1. The van der Waals surface area contributed by atoms with Gasteiger partial charge in [-0.3, -0.25) is 9.48 Å². The second kappa shape index (κ2) is 6.95. The molecule has 114 valence electrons. The van der Waals surface area contributed by atoms with Gasteiger partial charge in [-0.15, -0.1) is 22.9 Å². The average molecular weight is 328 g/mol. The summed E-state index contributed by atoms with van der Waals surface area (Å²) in [5.41, 5.74) is 1.81. The van der Waals surface area contributed by atoms with E-state index in [9.17, 15) is 4.79 Å². The van der Waals surface area contributed by atoms with Gasteiger partial charge in [0.2, 0.25) is 5.91 Å². The molecule has 2 heterocycles. The highest BCUT2D eigenvalue weighted by Gasteiger charge is 2.22. The van der Waals surface area contributed by atoms with Gasteiger partial charge in [0.25, 0.3) is 0 Å². The van der Waals surface area contributed by atoms with E-state index in [4.69, 9.17) is 16.3 Å². The Labute approximate surface area is 133 Å². The third-order valence-corrected chi connectivity index (χ3v) is 4.42. The van der Waals surface area contributed by atoms with Crippen LogP contribution in [0.25, 0.3) is 0 Å². The number of rotatable bonds is 6. The fraction of sp³-hybridized carbons (Fsp3) is 0.429. The summed E-state index contributed by atoms with van der Waals surface area (Å²) >= 11 is 7.32. The molecule has 0 spiro atoms. The molecule has 0 aromatic carbocycles. The lowest BCUT2D eigenvalue weighted by atomic mass is 10.2. The lowest BCUT2D eigenvalue weighted by Gasteiger charge is -2.21. The van der Waals surface area contributed by atoms with Crippen molar-refractivity contribution in [3.63, 3.8) is 0 Å². The van der Waals surface area contributed by atoms with Gasteiger partial charge in [0.05, 0.1) is 36.1 Å². The van der Waals surface area contributed by atoms with E-state index in [0.717, 1.165) is 28.4 Å². The van der Waals surface area contributed by atoms with E-state index in [1.54, 1.807) is 34.2 Å². The molecule has 21 heavy (non-hydrogen) atoms. The Morgan fingerprint density at radius 1 is 1.57 bits per heavy atom. The van der Waals surface area contributed by atoms with Crippen LogP contribution in [0.5, 0.6) is 5.75 Å². The SMILES string of the molecule is CCc1c(N(Cc2sccc2OC)C(=O)CCl)cnn1C. The molecule has 1 amide bonds. The summed E-state index contributed by atoms with van der Waals surface area (Å²) in [6.07, 6.45) is 2.50. The number of aryl methyl sites for hydroxylation is 1. The fourth-order valence-electron chi connectivity index (χ4n) is 2.24. The van der Waals surface area contributed by atoms with Crippen molar-refractivity contribution in [2.75, 3.05) is 17.9 Å². The van der Waals surface area contributed by atoms with Crippen molar-refractivity contribution in [1.29, 1.82) is 0 Å². The second-order valence-electron chi connectivity index (χ2n) is 4.48. The molecule has 0 saturated heterocycles. The monoisotopic (exact) mass is 327 g/mol. The fourth-order valence-corrected chi connectivity index (χ4v) is 3.21. The van der Waals surface area contributed by atoms with E-state index in [1.807, 2.05) is 25.4 Å². The zero-order chi connectivity index (χ0) is 15.4. The van der Waals surface area contributed by atoms with Gasteiger partial charge in [-0.05, 0) is 17.9 Å². The zero-order valence-electron chi connectivity index (χ0n) is 12.3. The Morgan fingerprint density at radius 2 is 2.33 bits per heavy atom. The van der Waals surface area contributed by atoms with Gasteiger partial charge < -0.3 is 9.64 Å². The molecule has 0 unspecified atom stereocenters. The van der Waals surface area contributed by atoms with Crippen LogP contribution in [0.4, 0.5) is 5.69 Å². The molecule has 0 atom stereocenters. The smallest absolute Gasteiger partial charge is 0.242 e. The Kier molecular flexibility index (Phi) is 5.25. The van der Waals surface area contributed by atoms with Gasteiger partial charge in [-0.1, -0.05) is 6.92 Å². The number of alkyl halides is 1. The first-order chi connectivity index (χ1) is 10.1. The molecule has 0 fully saturated rings. The highest BCUT2D eigenvalue weighted by atomic mass is 35.5. The van der Waals surface area contributed by atoms with Crippen LogP contribution in [0.2, 0.25) is 0 Å². The number of anilines is 1. The molecule has 2 rings (SSSR count). The Balaban J connectivity index is 2.37. The molecule has 0 bridgehead atoms. The number of aromatic nitrogens is 2. The molecule has 2 aromatic rings. The topological polar surface area (TPSA) is 47.4 Å². The van der Waals surface area contributed by atoms with E-state index in [1.165, 1.54) is 0 Å². The summed E-state index contributed by atoms with van der Waals surface area (Å²) in [5.74, 6) is 0.579. The van der Waals surface area contributed by atoms with E-state index in [0.29, 0.717) is 6.54 Å². The van der Waals surface area contributed by atoms with E-state index in [-0.39, 0.29) is 11.8 Å². The van der Waals surface area contributed by atoms with Gasteiger partial charge in [-0.2, -0.15) is 5.10 Å². The van der Waals surface area contributed by atoms with Gasteiger partial charge >= 0.3 is 0 Å². The van der Waals surface area contributed by atoms with Crippen LogP contribution in [0, 0.1) is 0 Å². The van der Waals surface area contributed by atoms with Gasteiger partial charge in [0, 0.05) is 7.05 Å². The molecule has 5 nitrogen and oxygen atoms in total. The van der Waals surface area contributed by atoms with Crippen molar-refractivity contribution in [3.8, 4) is 5.75 Å². The number of methoxy groups -OCH3 is 1. The van der Waals surface area contributed by atoms with Crippen LogP contribution >= 0.6 is 22.9 Å². The highest BCUT2D eigenvalue weighted by Crippen LogP contribution is 2.29. The molecule has 0 aliphatic heterocycles. The largest absolute Gasteiger partial charge is 0.496 e. The predicted molar refractivity (Wildman–Crippen MR) is 85.4 cm³/mol. The number of hydrogen-bond acceptors (Lipinski definition) is 4. The first-order valence-electron chi connectivity index (χ1n) is 6.59. The minimum atomic E-state index is -0.144. The zero-order valence-corrected chi connectivity index (χ0v) is 13.9. The second-order valence-corrected chi connectivity index (χ2v) is 5.75. The summed E-state index contributed by atoms with van der Waals surface area (Å²) in [6, 6.07) is 1.90. The van der Waals surface area contributed by atoms with Crippen molar-refractivity contribution in [1.82, 2.24) is 9.78 Å². The van der Waals surface area contributed by atoms with Crippen molar-refractivity contribution < 1.29 is 9.53 Å². The molecular formula is C14H18ClN3O2S. The maximum Gasteiger partial charge on any atom is 0.242 e. The highest BCUT2D eigenvalue weighted by molar-refractivity contribution is 7.10. The van der Waals surface area contributed by atoms with Gasteiger partial charge in [0.1, 0.15) is 11.6 Å². The molecule has 0 aliphatic rings. The number of carbonyl (C=O) groups excluding carboxylic acids is 1. The van der Waals surface area contributed by atoms with Crippen molar-refractivity contribution >= 4 is 34.5 Å². The summed E-state index contributed by atoms with van der Waals surface area (Å²) in [7, 11) is 3.50. The molecule has 7 heteroatoms. The summed E-state index contributed by atoms with van der Waals surface area (Å²) in [4.78, 5) is 14.9. The van der Waals surface area contributed by atoms with Gasteiger partial charge in [-0.25, -0.2) is 0 Å². The minimum Gasteiger partial charge on any atom is -0.496 e. The van der Waals surface area contributed by atoms with Crippen LogP contribution in [0.15, 0.2) is 17.6 Å². The normalized spacial score (nSPS) is 10.7. The van der Waals surface area contributed by atoms with Crippen molar-refractivity contribution in [2.45, 2.75) is 19.9 Å². The molecule has 0 radical (unpaired) electrons. The van der Waals surface area contributed by atoms with Crippen molar-refractivity contribution in [2.24, 2.45) is 7.05 Å². The van der Waals surface area contributed by atoms with Crippen LogP contribution in [-0.2, 0) is 24.8 Å². The number of thiophene rings is 1. The number of halogens is 1.